The fourth-order valence-electron chi connectivity index (χ4n) is 0.876. The van der Waals surface area contributed by atoms with Crippen molar-refractivity contribution in [1.29, 1.82) is 0 Å². The van der Waals surface area contributed by atoms with Crippen LogP contribution in [-0.2, 0) is 0 Å². The maximum atomic E-state index is 11.4. The van der Waals surface area contributed by atoms with Crippen LogP contribution in [0.4, 0.5) is 0 Å². The van der Waals surface area contributed by atoms with Crippen molar-refractivity contribution >= 4 is 29.5 Å². The third-order valence-corrected chi connectivity index (χ3v) is 2.07. The Morgan fingerprint density at radius 1 is 1.47 bits per heavy atom. The Kier molecular flexibility index (Phi) is 7.17. The van der Waals surface area contributed by atoms with Crippen LogP contribution in [0.15, 0.2) is 12.1 Å². The quantitative estimate of drug-likeness (QED) is 0.644. The Bertz CT molecular complexity index is 331. The van der Waals surface area contributed by atoms with Crippen LogP contribution in [0, 0.1) is 6.92 Å². The van der Waals surface area contributed by atoms with Gasteiger partial charge in [-0.05, 0) is 18.6 Å². The summed E-state index contributed by atoms with van der Waals surface area (Å²) in [6, 6.07) is 3.43. The van der Waals surface area contributed by atoms with Crippen LogP contribution in [0.2, 0.25) is 5.15 Å². The zero-order valence-corrected chi connectivity index (χ0v) is 10.9. The summed E-state index contributed by atoms with van der Waals surface area (Å²) in [5.74, 6) is -0.215. The van der Waals surface area contributed by atoms with E-state index in [2.05, 4.69) is 9.71 Å². The number of nitrogens with one attached hydrogen (secondary N) is 1. The Balaban J connectivity index is 0.000000921. The van der Waals surface area contributed by atoms with Gasteiger partial charge in [0, 0.05) is 6.26 Å². The lowest BCUT2D eigenvalue weighted by atomic mass is 10.2. The molecule has 1 N–H and O–H groups in total. The second-order valence-corrected chi connectivity index (χ2v) is 3.43. The number of aryl methyl sites for hydroxylation is 1. The maximum Gasteiger partial charge on any atom is 0.280 e. The zero-order valence-electron chi connectivity index (χ0n) is 9.30. The predicted octanol–water partition coefficient (Wildman–Crippen LogP) is 3.08. The van der Waals surface area contributed by atoms with Crippen molar-refractivity contribution < 1.29 is 4.79 Å². The van der Waals surface area contributed by atoms with E-state index < -0.39 is 0 Å². The number of carbonyl (C=O) groups excluding carboxylic acids is 1. The first-order chi connectivity index (χ1) is 7.15. The molecule has 0 aromatic carbocycles. The molecule has 15 heavy (non-hydrogen) atoms. The summed E-state index contributed by atoms with van der Waals surface area (Å²) >= 11 is 6.90. The Morgan fingerprint density at radius 3 is 2.60 bits per heavy atom. The van der Waals surface area contributed by atoms with Crippen LogP contribution in [0.1, 0.15) is 29.9 Å². The summed E-state index contributed by atoms with van der Waals surface area (Å²) in [5, 5.41) is 0.330. The van der Waals surface area contributed by atoms with E-state index in [9.17, 15) is 4.79 Å². The lowest BCUT2D eigenvalue weighted by Gasteiger charge is -2.03. The molecule has 1 aromatic heterocycles. The fraction of sp³-hybridized carbons (Fsp3) is 0.400. The molecular weight excluding hydrogens is 232 g/mol. The molecule has 0 saturated heterocycles. The predicted molar refractivity (Wildman–Crippen MR) is 66.3 cm³/mol. The fourth-order valence-corrected chi connectivity index (χ4v) is 1.31. The standard InChI is InChI=1S/C8H9ClN2OS.C2H6/c1-5-3-4-6(9)10-7(5)8(12)11-13-2;1-2/h3-4H,1-2H3,(H,11,12);1-2H3. The highest BCUT2D eigenvalue weighted by Gasteiger charge is 2.09. The Morgan fingerprint density at radius 2 is 2.07 bits per heavy atom. The van der Waals surface area contributed by atoms with Crippen molar-refractivity contribution in [3.05, 3.63) is 28.5 Å². The van der Waals surface area contributed by atoms with E-state index in [4.69, 9.17) is 11.6 Å². The van der Waals surface area contributed by atoms with Crippen LogP contribution >= 0.6 is 23.5 Å². The van der Waals surface area contributed by atoms with E-state index in [1.54, 1.807) is 18.4 Å². The lowest BCUT2D eigenvalue weighted by molar-refractivity contribution is 0.0979. The molecule has 1 heterocycles. The van der Waals surface area contributed by atoms with Gasteiger partial charge in [0.25, 0.3) is 5.91 Å². The van der Waals surface area contributed by atoms with Crippen LogP contribution in [0.3, 0.4) is 0 Å². The van der Waals surface area contributed by atoms with E-state index in [-0.39, 0.29) is 5.91 Å². The van der Waals surface area contributed by atoms with Crippen LogP contribution in [0.25, 0.3) is 0 Å². The molecule has 1 amide bonds. The van der Waals surface area contributed by atoms with Gasteiger partial charge in [0.1, 0.15) is 10.8 Å². The Labute approximate surface area is 99.8 Å². The van der Waals surface area contributed by atoms with Crippen molar-refractivity contribution in [2.75, 3.05) is 6.26 Å². The minimum Gasteiger partial charge on any atom is -0.295 e. The molecule has 3 nitrogen and oxygen atoms in total. The smallest absolute Gasteiger partial charge is 0.280 e. The highest BCUT2D eigenvalue weighted by Crippen LogP contribution is 2.10. The number of carbonyl (C=O) groups is 1. The van der Waals surface area contributed by atoms with Gasteiger partial charge >= 0.3 is 0 Å². The molecular formula is C10H15ClN2OS. The van der Waals surface area contributed by atoms with Gasteiger partial charge in [-0.1, -0.05) is 43.5 Å². The van der Waals surface area contributed by atoms with Gasteiger partial charge in [-0.2, -0.15) is 0 Å². The Hall–Kier alpha value is -0.740. The molecule has 0 radical (unpaired) electrons. The molecule has 0 spiro atoms. The molecule has 5 heteroatoms. The average Bonchev–Trinajstić information content (AvgIpc) is 2.25. The first-order valence-corrected chi connectivity index (χ1v) is 6.22. The molecule has 0 unspecified atom stereocenters. The number of hydrogen-bond donors (Lipinski definition) is 1. The molecule has 1 rings (SSSR count). The summed E-state index contributed by atoms with van der Waals surface area (Å²) in [6.07, 6.45) is 1.78. The monoisotopic (exact) mass is 246 g/mol. The first kappa shape index (κ1) is 14.3. The average molecular weight is 247 g/mol. The number of hydrogen-bond acceptors (Lipinski definition) is 3. The van der Waals surface area contributed by atoms with Gasteiger partial charge in [0.05, 0.1) is 0 Å². The number of aromatic nitrogens is 1. The number of pyridine rings is 1. The molecule has 84 valence electrons. The molecule has 0 aliphatic rings. The lowest BCUT2D eigenvalue weighted by Crippen LogP contribution is -2.18. The van der Waals surface area contributed by atoms with Gasteiger partial charge < -0.3 is 0 Å². The largest absolute Gasteiger partial charge is 0.295 e. The minimum atomic E-state index is -0.215. The summed E-state index contributed by atoms with van der Waals surface area (Å²) in [6.45, 7) is 5.82. The molecule has 0 fully saturated rings. The van der Waals surface area contributed by atoms with Gasteiger partial charge in [-0.25, -0.2) is 4.98 Å². The minimum absolute atomic E-state index is 0.215. The van der Waals surface area contributed by atoms with Crippen LogP contribution in [0.5, 0.6) is 0 Å². The number of halogens is 1. The van der Waals surface area contributed by atoms with Gasteiger partial charge in [-0.15, -0.1) is 0 Å². The van der Waals surface area contributed by atoms with Gasteiger partial charge in [-0.3, -0.25) is 9.52 Å². The molecule has 0 atom stereocenters. The third-order valence-electron chi connectivity index (χ3n) is 1.47. The number of amides is 1. The van der Waals surface area contributed by atoms with E-state index in [0.29, 0.717) is 10.8 Å². The van der Waals surface area contributed by atoms with Gasteiger partial charge in [0.2, 0.25) is 0 Å². The molecule has 0 bridgehead atoms. The summed E-state index contributed by atoms with van der Waals surface area (Å²) in [4.78, 5) is 15.3. The molecule has 0 aliphatic carbocycles. The second-order valence-electron chi connectivity index (χ2n) is 2.43. The van der Waals surface area contributed by atoms with Crippen molar-refractivity contribution in [2.24, 2.45) is 0 Å². The topological polar surface area (TPSA) is 42.0 Å². The van der Waals surface area contributed by atoms with Gasteiger partial charge in [0.15, 0.2) is 0 Å². The van der Waals surface area contributed by atoms with Crippen molar-refractivity contribution in [3.8, 4) is 0 Å². The van der Waals surface area contributed by atoms with Crippen molar-refractivity contribution in [3.63, 3.8) is 0 Å². The molecule has 1 aromatic rings. The van der Waals surface area contributed by atoms with E-state index in [1.165, 1.54) is 11.9 Å². The van der Waals surface area contributed by atoms with Crippen molar-refractivity contribution in [1.82, 2.24) is 9.71 Å². The number of rotatable bonds is 2. The van der Waals surface area contributed by atoms with E-state index >= 15 is 0 Å². The highest BCUT2D eigenvalue weighted by atomic mass is 35.5. The van der Waals surface area contributed by atoms with Crippen molar-refractivity contribution in [2.45, 2.75) is 20.8 Å². The van der Waals surface area contributed by atoms with Crippen LogP contribution < -0.4 is 4.72 Å². The summed E-state index contributed by atoms with van der Waals surface area (Å²) in [7, 11) is 0. The third kappa shape index (κ3) is 4.53. The second kappa shape index (κ2) is 7.54. The van der Waals surface area contributed by atoms with E-state index in [0.717, 1.165) is 5.56 Å². The summed E-state index contributed by atoms with van der Waals surface area (Å²) in [5.41, 5.74) is 1.19. The van der Waals surface area contributed by atoms with E-state index in [1.807, 2.05) is 20.8 Å². The SMILES string of the molecule is CC.CSNC(=O)c1nc(Cl)ccc1C. The zero-order chi connectivity index (χ0) is 11.8. The maximum absolute atomic E-state index is 11.4. The molecule has 0 aliphatic heterocycles. The highest BCUT2D eigenvalue weighted by molar-refractivity contribution is 7.97. The number of nitrogens with zero attached hydrogens (tertiary/aromatic N) is 1. The van der Waals surface area contributed by atoms with Crippen LogP contribution in [-0.4, -0.2) is 17.1 Å². The first-order valence-electron chi connectivity index (χ1n) is 4.61. The normalized spacial score (nSPS) is 8.87. The molecule has 0 saturated carbocycles. The summed E-state index contributed by atoms with van der Waals surface area (Å²) < 4.78 is 2.59.